The lowest BCUT2D eigenvalue weighted by Crippen LogP contribution is -2.41. The molecule has 1 amide bonds. The lowest BCUT2D eigenvalue weighted by molar-refractivity contribution is -0.142. The second-order valence-corrected chi connectivity index (χ2v) is 7.93. The number of carboxylic acid groups (broad SMARTS) is 1. The fourth-order valence-corrected chi connectivity index (χ4v) is 4.09. The monoisotopic (exact) mass is 449 g/mol. The molecule has 2 aliphatic heterocycles. The minimum absolute atomic E-state index is 0.00357. The van der Waals surface area contributed by atoms with E-state index < -0.39 is 23.8 Å². The first-order chi connectivity index (χ1) is 15.2. The molecular weight excluding hydrogens is 427 g/mol. The molecule has 2 heterocycles. The van der Waals surface area contributed by atoms with Crippen molar-refractivity contribution in [2.45, 2.75) is 31.6 Å². The molecule has 0 aromatic heterocycles. The first kappa shape index (κ1) is 22.1. The number of benzene rings is 2. The van der Waals surface area contributed by atoms with E-state index >= 15 is 0 Å². The van der Waals surface area contributed by atoms with Gasteiger partial charge in [0.05, 0.1) is 23.7 Å². The minimum atomic E-state index is -4.46. The van der Waals surface area contributed by atoms with E-state index in [9.17, 15) is 27.9 Å². The minimum Gasteiger partial charge on any atom is -0.491 e. The Balaban J connectivity index is 1.69. The van der Waals surface area contributed by atoms with Crippen LogP contribution in [0.15, 0.2) is 42.5 Å². The fourth-order valence-electron chi connectivity index (χ4n) is 4.09. The Labute approximate surface area is 182 Å². The summed E-state index contributed by atoms with van der Waals surface area (Å²) in [5.74, 6) is -1.11. The molecule has 0 saturated carbocycles. The van der Waals surface area contributed by atoms with Gasteiger partial charge in [-0.15, -0.1) is 0 Å². The molecule has 4 rings (SSSR count). The van der Waals surface area contributed by atoms with E-state index in [-0.39, 0.29) is 30.5 Å². The van der Waals surface area contributed by atoms with Gasteiger partial charge in [0.2, 0.25) is 5.91 Å². The van der Waals surface area contributed by atoms with Crippen molar-refractivity contribution in [1.82, 2.24) is 4.90 Å². The van der Waals surface area contributed by atoms with Crippen molar-refractivity contribution in [3.8, 4) is 5.75 Å². The molecule has 170 valence electrons. The van der Waals surface area contributed by atoms with E-state index in [0.717, 1.165) is 12.1 Å². The van der Waals surface area contributed by atoms with Crippen molar-refractivity contribution in [2.75, 3.05) is 19.8 Å². The van der Waals surface area contributed by atoms with Gasteiger partial charge in [0, 0.05) is 24.7 Å². The van der Waals surface area contributed by atoms with E-state index in [1.54, 1.807) is 11.0 Å². The number of rotatable bonds is 3. The summed E-state index contributed by atoms with van der Waals surface area (Å²) in [5.41, 5.74) is 0.445. The summed E-state index contributed by atoms with van der Waals surface area (Å²) in [6.07, 6.45) is -3.32. The third-order valence-electron chi connectivity index (χ3n) is 5.90. The number of hydrogen-bond donors (Lipinski definition) is 1. The second-order valence-electron chi connectivity index (χ2n) is 7.93. The fraction of sp³-hybridized carbons (Fsp3) is 0.391. The van der Waals surface area contributed by atoms with Crippen molar-refractivity contribution in [2.24, 2.45) is 5.92 Å². The van der Waals surface area contributed by atoms with Crippen LogP contribution in [0.2, 0.25) is 0 Å². The van der Waals surface area contributed by atoms with E-state index in [4.69, 9.17) is 9.47 Å². The molecule has 0 radical (unpaired) electrons. The molecular formula is C23H22F3NO5. The Bertz CT molecular complexity index is 1000. The van der Waals surface area contributed by atoms with E-state index in [0.29, 0.717) is 42.9 Å². The summed E-state index contributed by atoms with van der Waals surface area (Å²) >= 11 is 0. The van der Waals surface area contributed by atoms with E-state index in [2.05, 4.69) is 0 Å². The van der Waals surface area contributed by atoms with Crippen LogP contribution < -0.4 is 4.74 Å². The zero-order valence-electron chi connectivity index (χ0n) is 17.1. The molecule has 32 heavy (non-hydrogen) atoms. The Morgan fingerprint density at radius 3 is 2.34 bits per heavy atom. The van der Waals surface area contributed by atoms with Gasteiger partial charge in [0.1, 0.15) is 12.4 Å². The highest BCUT2D eigenvalue weighted by Gasteiger charge is 2.36. The summed E-state index contributed by atoms with van der Waals surface area (Å²) in [6, 6.07) is 8.55. The predicted molar refractivity (Wildman–Crippen MR) is 107 cm³/mol. The third kappa shape index (κ3) is 4.57. The topological polar surface area (TPSA) is 76.1 Å². The zero-order valence-corrected chi connectivity index (χ0v) is 17.1. The number of halogens is 3. The molecule has 0 aliphatic carbocycles. The number of fused-ring (bicyclic) bond motifs is 1. The predicted octanol–water partition coefficient (Wildman–Crippen LogP) is 4.29. The number of carboxylic acids is 1. The van der Waals surface area contributed by atoms with Crippen LogP contribution in [0.5, 0.6) is 5.75 Å². The lowest BCUT2D eigenvalue weighted by atomic mass is 9.95. The highest BCUT2D eigenvalue weighted by Crippen LogP contribution is 2.36. The smallest absolute Gasteiger partial charge is 0.416 e. The quantitative estimate of drug-likeness (QED) is 0.757. The first-order valence-corrected chi connectivity index (χ1v) is 10.3. The average molecular weight is 449 g/mol. The summed E-state index contributed by atoms with van der Waals surface area (Å²) in [7, 11) is 0. The van der Waals surface area contributed by atoms with Gasteiger partial charge < -0.3 is 19.5 Å². The second kappa shape index (κ2) is 8.82. The maximum Gasteiger partial charge on any atom is 0.416 e. The van der Waals surface area contributed by atoms with Gasteiger partial charge in [-0.05, 0) is 42.7 Å². The SMILES string of the molecule is O=C(O)c1ccc2c(c1)OCC(c1ccc(C(F)(F)F)cc1)N(C(=O)C1CCOCC1)C2. The van der Waals surface area contributed by atoms with Gasteiger partial charge in [0.15, 0.2) is 0 Å². The first-order valence-electron chi connectivity index (χ1n) is 10.3. The lowest BCUT2D eigenvalue weighted by Gasteiger charge is -2.34. The van der Waals surface area contributed by atoms with Crippen LogP contribution in [-0.4, -0.2) is 41.7 Å². The standard InChI is InChI=1S/C23H22F3NO5/c24-23(25,26)18-5-3-14(4-6-18)19-13-32-20-11-16(22(29)30)1-2-17(20)12-27(19)21(28)15-7-9-31-10-8-15/h1-6,11,15,19H,7-10,12-13H2,(H,29,30). The molecule has 9 heteroatoms. The Morgan fingerprint density at radius 1 is 1.03 bits per heavy atom. The van der Waals surface area contributed by atoms with Crippen LogP contribution in [-0.2, 0) is 22.3 Å². The van der Waals surface area contributed by atoms with Gasteiger partial charge in [0.25, 0.3) is 0 Å². The van der Waals surface area contributed by atoms with Crippen LogP contribution in [0.25, 0.3) is 0 Å². The van der Waals surface area contributed by atoms with Crippen molar-refractivity contribution in [1.29, 1.82) is 0 Å². The zero-order chi connectivity index (χ0) is 22.9. The molecule has 2 aromatic carbocycles. The third-order valence-corrected chi connectivity index (χ3v) is 5.90. The molecule has 2 aromatic rings. The highest BCUT2D eigenvalue weighted by atomic mass is 19.4. The van der Waals surface area contributed by atoms with Gasteiger partial charge >= 0.3 is 12.1 Å². The van der Waals surface area contributed by atoms with E-state index in [1.807, 2.05) is 0 Å². The Morgan fingerprint density at radius 2 is 1.72 bits per heavy atom. The number of carbonyl (C=O) groups is 2. The normalized spacial score (nSPS) is 19.6. The number of amides is 1. The van der Waals surface area contributed by atoms with Crippen molar-refractivity contribution in [3.63, 3.8) is 0 Å². The molecule has 6 nitrogen and oxygen atoms in total. The summed E-state index contributed by atoms with van der Waals surface area (Å²) in [4.78, 5) is 26.4. The largest absolute Gasteiger partial charge is 0.491 e. The molecule has 1 saturated heterocycles. The molecule has 0 spiro atoms. The van der Waals surface area contributed by atoms with Gasteiger partial charge in [-0.3, -0.25) is 4.79 Å². The van der Waals surface area contributed by atoms with Crippen LogP contribution in [0.4, 0.5) is 13.2 Å². The molecule has 2 aliphatic rings. The maximum absolute atomic E-state index is 13.4. The molecule has 1 fully saturated rings. The summed E-state index contributed by atoms with van der Waals surface area (Å²) < 4.78 is 50.2. The number of aromatic carboxylic acids is 1. The summed E-state index contributed by atoms with van der Waals surface area (Å²) in [6.45, 7) is 1.11. The number of hydrogen-bond acceptors (Lipinski definition) is 4. The van der Waals surface area contributed by atoms with Crippen LogP contribution in [0, 0.1) is 5.92 Å². The van der Waals surface area contributed by atoms with E-state index in [1.165, 1.54) is 24.3 Å². The van der Waals surface area contributed by atoms with Crippen LogP contribution in [0.1, 0.15) is 45.9 Å². The molecule has 1 atom stereocenters. The van der Waals surface area contributed by atoms with Crippen LogP contribution in [0.3, 0.4) is 0 Å². The number of alkyl halides is 3. The summed E-state index contributed by atoms with van der Waals surface area (Å²) in [5, 5.41) is 9.26. The number of nitrogens with zero attached hydrogens (tertiary/aromatic N) is 1. The molecule has 0 bridgehead atoms. The number of ether oxygens (including phenoxy) is 2. The van der Waals surface area contributed by atoms with Crippen molar-refractivity contribution < 1.29 is 37.3 Å². The van der Waals surface area contributed by atoms with Gasteiger partial charge in [-0.2, -0.15) is 13.2 Å². The van der Waals surface area contributed by atoms with Crippen LogP contribution >= 0.6 is 0 Å². The maximum atomic E-state index is 13.4. The molecule has 1 unspecified atom stereocenters. The van der Waals surface area contributed by atoms with Gasteiger partial charge in [-0.1, -0.05) is 18.2 Å². The van der Waals surface area contributed by atoms with Crippen molar-refractivity contribution >= 4 is 11.9 Å². The highest BCUT2D eigenvalue weighted by molar-refractivity contribution is 5.88. The molecule has 1 N–H and O–H groups in total. The number of carbonyl (C=O) groups excluding carboxylic acids is 1. The Hall–Kier alpha value is -3.07. The van der Waals surface area contributed by atoms with Crippen molar-refractivity contribution in [3.05, 3.63) is 64.7 Å². The average Bonchev–Trinajstić information content (AvgIpc) is 2.98. The van der Waals surface area contributed by atoms with Gasteiger partial charge in [-0.25, -0.2) is 4.79 Å². The Kier molecular flexibility index (Phi) is 6.10.